The van der Waals surface area contributed by atoms with Crippen molar-refractivity contribution in [1.82, 2.24) is 4.57 Å². The molecule has 0 fully saturated rings. The minimum atomic E-state index is -0.898. The summed E-state index contributed by atoms with van der Waals surface area (Å²) in [6, 6.07) is 7.87. The van der Waals surface area contributed by atoms with Gasteiger partial charge in [0.2, 0.25) is 0 Å². The quantitative estimate of drug-likeness (QED) is 0.781. The number of carbonyl (C=O) groups is 1. The molecule has 18 heavy (non-hydrogen) atoms. The highest BCUT2D eigenvalue weighted by Gasteiger charge is 2.14. The summed E-state index contributed by atoms with van der Waals surface area (Å²) in [4.78, 5) is 11.8. The molecule has 0 spiro atoms. The zero-order valence-corrected chi connectivity index (χ0v) is 9.23. The molecule has 0 radical (unpaired) electrons. The first-order valence-corrected chi connectivity index (χ1v) is 5.15. The number of ketones is 1. The molecule has 1 aromatic carbocycles. The van der Waals surface area contributed by atoms with Crippen LogP contribution in [-0.2, 0) is 6.54 Å². The van der Waals surface area contributed by atoms with Crippen molar-refractivity contribution in [3.8, 4) is 6.07 Å². The molecule has 90 valence electrons. The maximum absolute atomic E-state index is 13.4. The monoisotopic (exact) mass is 246 g/mol. The lowest BCUT2D eigenvalue weighted by atomic mass is 10.1. The van der Waals surface area contributed by atoms with E-state index in [1.807, 2.05) is 6.07 Å². The molecule has 0 bridgehead atoms. The fourth-order valence-electron chi connectivity index (χ4n) is 1.61. The number of nitriles is 1. The largest absolute Gasteiger partial charge is 0.332 e. The fraction of sp³-hybridized carbons (Fsp3) is 0.0769. The Morgan fingerprint density at radius 1 is 1.33 bits per heavy atom. The van der Waals surface area contributed by atoms with Gasteiger partial charge in [0.1, 0.15) is 23.4 Å². The Hall–Kier alpha value is -2.48. The fourth-order valence-corrected chi connectivity index (χ4v) is 1.61. The molecule has 0 saturated heterocycles. The molecule has 2 rings (SSSR count). The van der Waals surface area contributed by atoms with Crippen molar-refractivity contribution in [1.29, 1.82) is 5.26 Å². The number of Topliss-reactive ketones (excluding diaryl/α,β-unsaturated/α-hetero) is 1. The molecule has 0 aliphatic rings. The highest BCUT2D eigenvalue weighted by atomic mass is 19.1. The third kappa shape index (κ3) is 2.28. The number of hydrogen-bond acceptors (Lipinski definition) is 2. The van der Waals surface area contributed by atoms with Gasteiger partial charge in [-0.3, -0.25) is 4.79 Å². The molecule has 0 atom stereocenters. The van der Waals surface area contributed by atoms with Gasteiger partial charge in [-0.2, -0.15) is 5.26 Å². The van der Waals surface area contributed by atoms with E-state index in [0.29, 0.717) is 11.8 Å². The van der Waals surface area contributed by atoms with E-state index in [4.69, 9.17) is 5.26 Å². The van der Waals surface area contributed by atoms with Gasteiger partial charge < -0.3 is 4.57 Å². The van der Waals surface area contributed by atoms with Crippen LogP contribution in [-0.4, -0.2) is 10.4 Å². The van der Waals surface area contributed by atoms with Crippen LogP contribution in [0.15, 0.2) is 36.5 Å². The second-order valence-corrected chi connectivity index (χ2v) is 3.68. The number of hydrogen-bond donors (Lipinski definition) is 0. The van der Waals surface area contributed by atoms with Crippen LogP contribution in [0, 0.1) is 23.0 Å². The average Bonchev–Trinajstić information content (AvgIpc) is 2.76. The van der Waals surface area contributed by atoms with Crippen LogP contribution in [0.1, 0.15) is 16.1 Å². The molecule has 1 heterocycles. The summed E-state index contributed by atoms with van der Waals surface area (Å²) in [7, 11) is 0. The molecule has 1 aromatic heterocycles. The van der Waals surface area contributed by atoms with Gasteiger partial charge in [0.15, 0.2) is 5.78 Å². The standard InChI is InChI=1S/C13H8F2N2O/c14-9-3-4-11(12(15)6-9)13(18)8-17-5-1-2-10(17)7-16/h1-6H,8H2. The molecule has 0 aliphatic heterocycles. The summed E-state index contributed by atoms with van der Waals surface area (Å²) < 4.78 is 27.5. The zero-order chi connectivity index (χ0) is 13.1. The molecular weight excluding hydrogens is 238 g/mol. The first kappa shape index (κ1) is 12.0. The van der Waals surface area contributed by atoms with Crippen molar-refractivity contribution in [2.45, 2.75) is 6.54 Å². The summed E-state index contributed by atoms with van der Waals surface area (Å²) in [5.41, 5.74) is 0.125. The SMILES string of the molecule is N#Cc1cccn1CC(=O)c1ccc(F)cc1F. The van der Waals surface area contributed by atoms with E-state index in [1.165, 1.54) is 4.57 Å². The third-order valence-corrected chi connectivity index (χ3v) is 2.49. The maximum Gasteiger partial charge on any atom is 0.185 e. The first-order valence-electron chi connectivity index (χ1n) is 5.15. The normalized spacial score (nSPS) is 10.1. The predicted molar refractivity (Wildman–Crippen MR) is 59.8 cm³/mol. The van der Waals surface area contributed by atoms with Gasteiger partial charge in [0.25, 0.3) is 0 Å². The average molecular weight is 246 g/mol. The molecule has 0 amide bonds. The van der Waals surface area contributed by atoms with E-state index in [2.05, 4.69) is 0 Å². The van der Waals surface area contributed by atoms with Gasteiger partial charge in [0, 0.05) is 12.3 Å². The Labute approximate surface area is 102 Å². The number of carbonyl (C=O) groups excluding carboxylic acids is 1. The molecular formula is C13H8F2N2O. The van der Waals surface area contributed by atoms with Gasteiger partial charge in [-0.05, 0) is 24.3 Å². The van der Waals surface area contributed by atoms with Crippen LogP contribution < -0.4 is 0 Å². The van der Waals surface area contributed by atoms with E-state index in [9.17, 15) is 13.6 Å². The predicted octanol–water partition coefficient (Wildman–Crippen LogP) is 2.52. The Morgan fingerprint density at radius 3 is 2.78 bits per heavy atom. The lowest BCUT2D eigenvalue weighted by Crippen LogP contribution is -2.12. The van der Waals surface area contributed by atoms with Crippen molar-refractivity contribution < 1.29 is 13.6 Å². The van der Waals surface area contributed by atoms with Crippen LogP contribution in [0.4, 0.5) is 8.78 Å². The molecule has 5 heteroatoms. The summed E-state index contributed by atoms with van der Waals surface area (Å²) >= 11 is 0. The van der Waals surface area contributed by atoms with Crippen molar-refractivity contribution >= 4 is 5.78 Å². The van der Waals surface area contributed by atoms with E-state index < -0.39 is 17.4 Å². The van der Waals surface area contributed by atoms with Crippen molar-refractivity contribution in [3.05, 3.63) is 59.4 Å². The topological polar surface area (TPSA) is 45.8 Å². The maximum atomic E-state index is 13.4. The zero-order valence-electron chi connectivity index (χ0n) is 9.23. The summed E-state index contributed by atoms with van der Waals surface area (Å²) in [6.45, 7) is -0.154. The van der Waals surface area contributed by atoms with Crippen molar-refractivity contribution in [2.24, 2.45) is 0 Å². The summed E-state index contributed by atoms with van der Waals surface area (Å²) in [5.74, 6) is -2.14. The summed E-state index contributed by atoms with van der Waals surface area (Å²) in [5, 5.41) is 8.78. The van der Waals surface area contributed by atoms with Crippen LogP contribution >= 0.6 is 0 Å². The third-order valence-electron chi connectivity index (χ3n) is 2.49. The lowest BCUT2D eigenvalue weighted by molar-refractivity contribution is 0.0968. The van der Waals surface area contributed by atoms with Crippen molar-refractivity contribution in [2.75, 3.05) is 0 Å². The Balaban J connectivity index is 2.25. The minimum Gasteiger partial charge on any atom is -0.332 e. The summed E-state index contributed by atoms with van der Waals surface area (Å²) in [6.07, 6.45) is 1.55. The first-order chi connectivity index (χ1) is 8.61. The van der Waals surface area contributed by atoms with Crippen LogP contribution in [0.5, 0.6) is 0 Å². The van der Waals surface area contributed by atoms with E-state index in [1.54, 1.807) is 18.3 Å². The van der Waals surface area contributed by atoms with Crippen LogP contribution in [0.25, 0.3) is 0 Å². The van der Waals surface area contributed by atoms with Crippen LogP contribution in [0.3, 0.4) is 0 Å². The molecule has 3 nitrogen and oxygen atoms in total. The van der Waals surface area contributed by atoms with Gasteiger partial charge in [-0.15, -0.1) is 0 Å². The Bertz CT molecular complexity index is 641. The van der Waals surface area contributed by atoms with Gasteiger partial charge in [0.05, 0.1) is 12.1 Å². The van der Waals surface area contributed by atoms with Gasteiger partial charge in [-0.25, -0.2) is 8.78 Å². The minimum absolute atomic E-state index is 0.154. The number of aromatic nitrogens is 1. The number of rotatable bonds is 3. The van der Waals surface area contributed by atoms with Crippen LogP contribution in [0.2, 0.25) is 0 Å². The molecule has 0 unspecified atom stereocenters. The van der Waals surface area contributed by atoms with E-state index in [0.717, 1.165) is 12.1 Å². The highest BCUT2D eigenvalue weighted by molar-refractivity contribution is 5.96. The highest BCUT2D eigenvalue weighted by Crippen LogP contribution is 2.12. The van der Waals surface area contributed by atoms with Gasteiger partial charge >= 0.3 is 0 Å². The number of halogens is 2. The lowest BCUT2D eigenvalue weighted by Gasteiger charge is -2.05. The van der Waals surface area contributed by atoms with E-state index >= 15 is 0 Å². The molecule has 0 saturated carbocycles. The molecule has 2 aromatic rings. The Morgan fingerprint density at radius 2 is 2.11 bits per heavy atom. The van der Waals surface area contributed by atoms with Gasteiger partial charge in [-0.1, -0.05) is 0 Å². The molecule has 0 aliphatic carbocycles. The van der Waals surface area contributed by atoms with E-state index in [-0.39, 0.29) is 12.1 Å². The second kappa shape index (κ2) is 4.80. The van der Waals surface area contributed by atoms with Crippen molar-refractivity contribution in [3.63, 3.8) is 0 Å². The number of benzene rings is 1. The Kier molecular flexibility index (Phi) is 3.20. The molecule has 0 N–H and O–H groups in total. The number of nitrogens with zero attached hydrogens (tertiary/aromatic N) is 2. The smallest absolute Gasteiger partial charge is 0.185 e. The second-order valence-electron chi connectivity index (χ2n) is 3.68.